The number of benzene rings is 2. The zero-order valence-corrected chi connectivity index (χ0v) is 29.0. The van der Waals surface area contributed by atoms with Crippen molar-refractivity contribution in [3.63, 3.8) is 0 Å². The molecule has 1 aromatic heterocycles. The summed E-state index contributed by atoms with van der Waals surface area (Å²) < 4.78 is 13.0. The van der Waals surface area contributed by atoms with Crippen molar-refractivity contribution in [2.75, 3.05) is 38.3 Å². The second-order valence-electron chi connectivity index (χ2n) is 13.3. The van der Waals surface area contributed by atoms with E-state index in [-0.39, 0.29) is 17.7 Å². The first-order chi connectivity index (χ1) is 23.2. The number of aryl methyl sites for hydroxylation is 2. The monoisotopic (exact) mass is 677 g/mol. The normalized spacial score (nSPS) is 19.6. The first kappa shape index (κ1) is 35.3. The van der Waals surface area contributed by atoms with Crippen LogP contribution in [0.3, 0.4) is 0 Å². The zero-order valence-electron chi connectivity index (χ0n) is 28.2. The summed E-state index contributed by atoms with van der Waals surface area (Å²) in [4.78, 5) is 32.4. The fraction of sp³-hybridized carbons (Fsp3) is 0.486. The average Bonchev–Trinajstić information content (AvgIpc) is 3.36. The van der Waals surface area contributed by atoms with E-state index in [4.69, 9.17) is 31.6 Å². The molecule has 11 heteroatoms. The number of amides is 2. The molecule has 0 bridgehead atoms. The number of rotatable bonds is 16. The summed E-state index contributed by atoms with van der Waals surface area (Å²) >= 11 is 6.20. The van der Waals surface area contributed by atoms with Crippen LogP contribution < -0.4 is 25.6 Å². The fourth-order valence-electron chi connectivity index (χ4n) is 6.56. The summed E-state index contributed by atoms with van der Waals surface area (Å²) in [5.74, 6) is 2.04. The van der Waals surface area contributed by atoms with Gasteiger partial charge in [0.2, 0.25) is 11.8 Å². The number of nitrogens with two attached hydrogens (primary N) is 1. The van der Waals surface area contributed by atoms with Crippen LogP contribution in [-0.2, 0) is 18.3 Å². The van der Waals surface area contributed by atoms with Gasteiger partial charge in [-0.1, -0.05) is 42.8 Å². The van der Waals surface area contributed by atoms with Gasteiger partial charge in [-0.15, -0.1) is 5.10 Å². The number of anilines is 1. The van der Waals surface area contributed by atoms with Gasteiger partial charge in [0.15, 0.2) is 0 Å². The molecule has 1 saturated carbocycles. The van der Waals surface area contributed by atoms with E-state index in [2.05, 4.69) is 40.6 Å². The third kappa shape index (κ3) is 9.54. The Hall–Kier alpha value is -4.02. The molecule has 258 valence electrons. The third-order valence-electron chi connectivity index (χ3n) is 9.44. The van der Waals surface area contributed by atoms with Gasteiger partial charge in [-0.2, -0.15) is 0 Å². The third-order valence-corrected chi connectivity index (χ3v) is 9.68. The number of carbonyl (C=O) groups excluding carboxylic acids is 2. The van der Waals surface area contributed by atoms with Crippen molar-refractivity contribution in [2.24, 2.45) is 36.5 Å². The Balaban J connectivity index is 1.11. The van der Waals surface area contributed by atoms with E-state index in [9.17, 15) is 9.59 Å². The molecule has 2 aromatic carbocycles. The van der Waals surface area contributed by atoms with Crippen LogP contribution in [0.4, 0.5) is 5.69 Å². The molecule has 1 fully saturated rings. The lowest BCUT2D eigenvalue weighted by Gasteiger charge is -2.41. The first-order valence-corrected chi connectivity index (χ1v) is 17.3. The van der Waals surface area contributed by atoms with Gasteiger partial charge in [0.25, 0.3) is 5.91 Å². The zero-order chi connectivity index (χ0) is 34.0. The minimum Gasteiger partial charge on any atom is -0.491 e. The summed E-state index contributed by atoms with van der Waals surface area (Å²) in [7, 11) is 3.21. The molecule has 1 unspecified atom stereocenters. The van der Waals surface area contributed by atoms with Crippen LogP contribution in [-0.4, -0.2) is 55.0 Å². The highest BCUT2D eigenvalue weighted by Crippen LogP contribution is 2.41. The van der Waals surface area contributed by atoms with Gasteiger partial charge in [-0.25, -0.2) is 5.48 Å². The molecular formula is C37H48ClN5O5. The number of halogens is 1. The number of fused-ring (bicyclic) bond motifs is 1. The Bertz CT molecular complexity index is 1580. The van der Waals surface area contributed by atoms with Crippen molar-refractivity contribution in [2.45, 2.75) is 51.9 Å². The quantitative estimate of drug-likeness (QED) is 0.133. The number of nitrogens with zero attached hydrogens (tertiary/aromatic N) is 3. The van der Waals surface area contributed by atoms with Gasteiger partial charge in [-0.05, 0) is 98.6 Å². The van der Waals surface area contributed by atoms with E-state index < -0.39 is 5.91 Å². The standard InChI is InChI=1S/C37H48ClN5O5/c1-25(23-48-41-36(45)32-22-42(2)40-37(32)46-3)8-4-5-12-28-14-15-30(28)21-43-20-27(11-6-9-26-10-7-13-31(38)18-26)24-47-34-17-16-29(35(39)44)19-33(34)43/h4-5,7,10,13,16-19,22,25,27-28,30H,6,8-9,11-12,14-15,20-21,23-24H2,1-3H3,(H2,39,44)(H,41,45)/b5-4+/t25-,27?,28+,30-/m0/s1. The van der Waals surface area contributed by atoms with Gasteiger partial charge in [0, 0.05) is 42.8 Å². The van der Waals surface area contributed by atoms with Crippen molar-refractivity contribution in [3.05, 3.63) is 82.5 Å². The maximum absolute atomic E-state index is 12.4. The molecule has 0 spiro atoms. The fourth-order valence-corrected chi connectivity index (χ4v) is 6.78. The van der Waals surface area contributed by atoms with Crippen molar-refractivity contribution in [1.82, 2.24) is 15.3 Å². The predicted molar refractivity (Wildman–Crippen MR) is 187 cm³/mol. The summed E-state index contributed by atoms with van der Waals surface area (Å²) in [6.45, 7) is 4.95. The molecule has 0 saturated heterocycles. The van der Waals surface area contributed by atoms with Crippen LogP contribution in [0.25, 0.3) is 0 Å². The average molecular weight is 678 g/mol. The number of primary amides is 1. The van der Waals surface area contributed by atoms with Gasteiger partial charge in [-0.3, -0.25) is 19.1 Å². The second-order valence-corrected chi connectivity index (χ2v) is 13.7. The highest BCUT2D eigenvalue weighted by molar-refractivity contribution is 6.30. The number of carbonyl (C=O) groups is 2. The molecule has 2 amide bonds. The first-order valence-electron chi connectivity index (χ1n) is 16.9. The van der Waals surface area contributed by atoms with Crippen molar-refractivity contribution < 1.29 is 23.9 Å². The Morgan fingerprint density at radius 1 is 1.19 bits per heavy atom. The van der Waals surface area contributed by atoms with E-state index in [0.717, 1.165) is 61.7 Å². The molecule has 48 heavy (non-hydrogen) atoms. The molecule has 4 atom stereocenters. The topological polar surface area (TPSA) is 121 Å². The molecule has 3 aromatic rings. The van der Waals surface area contributed by atoms with Crippen LogP contribution in [0.1, 0.15) is 71.7 Å². The summed E-state index contributed by atoms with van der Waals surface area (Å²) in [6, 6.07) is 13.6. The number of hydrogen-bond acceptors (Lipinski definition) is 7. The molecule has 2 heterocycles. The number of allylic oxidation sites excluding steroid dienone is 2. The van der Waals surface area contributed by atoms with Gasteiger partial charge >= 0.3 is 0 Å². The predicted octanol–water partition coefficient (Wildman–Crippen LogP) is 6.38. The lowest BCUT2D eigenvalue weighted by Crippen LogP contribution is -2.40. The van der Waals surface area contributed by atoms with E-state index >= 15 is 0 Å². The van der Waals surface area contributed by atoms with Crippen LogP contribution in [0.15, 0.2) is 60.8 Å². The number of methoxy groups -OCH3 is 1. The lowest BCUT2D eigenvalue weighted by atomic mass is 9.71. The Morgan fingerprint density at radius 2 is 2.02 bits per heavy atom. The summed E-state index contributed by atoms with van der Waals surface area (Å²) in [6.07, 6.45) is 13.5. The van der Waals surface area contributed by atoms with Crippen LogP contribution in [0.2, 0.25) is 5.02 Å². The van der Waals surface area contributed by atoms with Crippen LogP contribution >= 0.6 is 11.6 Å². The highest BCUT2D eigenvalue weighted by Gasteiger charge is 2.34. The molecule has 1 aliphatic heterocycles. The number of aromatic nitrogens is 2. The van der Waals surface area contributed by atoms with E-state index in [0.29, 0.717) is 42.1 Å². The Kier molecular flexibility index (Phi) is 12.4. The maximum Gasteiger partial charge on any atom is 0.281 e. The smallest absolute Gasteiger partial charge is 0.281 e. The van der Waals surface area contributed by atoms with E-state index in [1.807, 2.05) is 30.3 Å². The minimum absolute atomic E-state index is 0.235. The van der Waals surface area contributed by atoms with E-state index in [1.165, 1.54) is 30.2 Å². The molecule has 2 aliphatic rings. The van der Waals surface area contributed by atoms with Gasteiger partial charge < -0.3 is 20.1 Å². The van der Waals surface area contributed by atoms with Crippen molar-refractivity contribution in [1.29, 1.82) is 0 Å². The second kappa shape index (κ2) is 16.9. The summed E-state index contributed by atoms with van der Waals surface area (Å²) in [5.41, 5.74) is 11.2. The molecule has 3 N–H and O–H groups in total. The summed E-state index contributed by atoms with van der Waals surface area (Å²) in [5, 5.41) is 4.87. The number of hydrogen-bond donors (Lipinski definition) is 2. The largest absolute Gasteiger partial charge is 0.491 e. The molecule has 0 radical (unpaired) electrons. The highest BCUT2D eigenvalue weighted by atomic mass is 35.5. The van der Waals surface area contributed by atoms with Crippen molar-refractivity contribution >= 4 is 29.1 Å². The van der Waals surface area contributed by atoms with E-state index in [1.54, 1.807) is 19.3 Å². The molecule has 1 aliphatic carbocycles. The maximum atomic E-state index is 12.4. The molecular weight excluding hydrogens is 630 g/mol. The Labute approximate surface area is 288 Å². The lowest BCUT2D eigenvalue weighted by molar-refractivity contribution is 0.0188. The van der Waals surface area contributed by atoms with Gasteiger partial charge in [0.05, 0.1) is 26.0 Å². The van der Waals surface area contributed by atoms with Gasteiger partial charge in [0.1, 0.15) is 11.3 Å². The number of ether oxygens (including phenoxy) is 2. The van der Waals surface area contributed by atoms with Crippen molar-refractivity contribution in [3.8, 4) is 11.6 Å². The SMILES string of the molecule is COc1nn(C)cc1C(=O)NOC[C@@H](C)C/C=C/C[C@@H]1CC[C@H]1CN1CC(CCCc2cccc(Cl)c2)COc2ccc(C(N)=O)cc21. The Morgan fingerprint density at radius 3 is 2.77 bits per heavy atom. The molecule has 5 rings (SSSR count). The number of hydroxylamine groups is 1. The van der Waals surface area contributed by atoms with Crippen LogP contribution in [0, 0.1) is 23.7 Å². The molecule has 10 nitrogen and oxygen atoms in total. The number of nitrogens with one attached hydrogen (secondary N) is 1. The van der Waals surface area contributed by atoms with Crippen LogP contribution in [0.5, 0.6) is 11.6 Å². The minimum atomic E-state index is -0.428.